The lowest BCUT2D eigenvalue weighted by molar-refractivity contribution is -0.120. The SMILES string of the molecule is O=C(CCNC(=O)c1ccc(Cl)cc1)NCCc1cccc(Cl)c1Cl. The number of halogens is 3. The van der Waals surface area contributed by atoms with Gasteiger partial charge in [-0.1, -0.05) is 46.9 Å². The van der Waals surface area contributed by atoms with E-state index >= 15 is 0 Å². The summed E-state index contributed by atoms with van der Waals surface area (Å²) in [7, 11) is 0. The highest BCUT2D eigenvalue weighted by Gasteiger charge is 2.08. The average molecular weight is 400 g/mol. The Bertz CT molecular complexity index is 748. The van der Waals surface area contributed by atoms with E-state index in [-0.39, 0.29) is 24.8 Å². The Hall–Kier alpha value is -1.75. The van der Waals surface area contributed by atoms with Gasteiger partial charge in [0.15, 0.2) is 0 Å². The standard InChI is InChI=1S/C18H17Cl3N2O2/c19-14-6-4-13(5-7-14)18(25)23-11-9-16(24)22-10-8-12-2-1-3-15(20)17(12)21/h1-7H,8-11H2,(H,22,24)(H,23,25). The molecule has 0 atom stereocenters. The van der Waals surface area contributed by atoms with E-state index in [9.17, 15) is 9.59 Å². The summed E-state index contributed by atoms with van der Waals surface area (Å²) in [5.74, 6) is -0.385. The first kappa shape index (κ1) is 19.6. The largest absolute Gasteiger partial charge is 0.356 e. The highest BCUT2D eigenvalue weighted by molar-refractivity contribution is 6.42. The first-order valence-electron chi connectivity index (χ1n) is 7.70. The van der Waals surface area contributed by atoms with E-state index in [1.54, 1.807) is 30.3 Å². The van der Waals surface area contributed by atoms with Crippen LogP contribution in [0.2, 0.25) is 15.1 Å². The van der Waals surface area contributed by atoms with Gasteiger partial charge in [-0.2, -0.15) is 0 Å². The lowest BCUT2D eigenvalue weighted by Crippen LogP contribution is -2.31. The van der Waals surface area contributed by atoms with Crippen molar-refractivity contribution >= 4 is 46.6 Å². The van der Waals surface area contributed by atoms with E-state index in [1.165, 1.54) is 0 Å². The monoisotopic (exact) mass is 398 g/mol. The van der Waals surface area contributed by atoms with E-state index in [1.807, 2.05) is 12.1 Å². The maximum Gasteiger partial charge on any atom is 0.251 e. The van der Waals surface area contributed by atoms with Crippen LogP contribution in [0.1, 0.15) is 22.3 Å². The van der Waals surface area contributed by atoms with Crippen LogP contribution in [0.5, 0.6) is 0 Å². The first-order valence-corrected chi connectivity index (χ1v) is 8.84. The van der Waals surface area contributed by atoms with Gasteiger partial charge in [0.25, 0.3) is 5.91 Å². The Balaban J connectivity index is 1.68. The Labute approximate surface area is 161 Å². The second-order valence-corrected chi connectivity index (χ2v) is 6.55. The van der Waals surface area contributed by atoms with Crippen molar-refractivity contribution in [2.45, 2.75) is 12.8 Å². The van der Waals surface area contributed by atoms with Crippen LogP contribution < -0.4 is 10.6 Å². The third-order valence-corrected chi connectivity index (χ3v) is 4.60. The van der Waals surface area contributed by atoms with Gasteiger partial charge in [0, 0.05) is 30.1 Å². The quantitative estimate of drug-likeness (QED) is 0.735. The summed E-state index contributed by atoms with van der Waals surface area (Å²) in [4.78, 5) is 23.7. The molecule has 2 amide bonds. The number of amides is 2. The van der Waals surface area contributed by atoms with Gasteiger partial charge in [0.05, 0.1) is 10.0 Å². The second-order valence-electron chi connectivity index (χ2n) is 5.33. The summed E-state index contributed by atoms with van der Waals surface area (Å²) in [6, 6.07) is 12.0. The number of hydrogen-bond donors (Lipinski definition) is 2. The predicted octanol–water partition coefficient (Wildman–Crippen LogP) is 4.13. The number of nitrogens with one attached hydrogen (secondary N) is 2. The Morgan fingerprint density at radius 1 is 0.880 bits per heavy atom. The molecule has 25 heavy (non-hydrogen) atoms. The van der Waals surface area contributed by atoms with Gasteiger partial charge in [-0.05, 0) is 42.3 Å². The summed E-state index contributed by atoms with van der Waals surface area (Å²) in [5, 5.41) is 7.05. The van der Waals surface area contributed by atoms with Crippen molar-refractivity contribution in [1.29, 1.82) is 0 Å². The molecule has 0 heterocycles. The number of rotatable bonds is 7. The van der Waals surface area contributed by atoms with Gasteiger partial charge < -0.3 is 10.6 Å². The van der Waals surface area contributed by atoms with Crippen LogP contribution in [0.4, 0.5) is 0 Å². The molecule has 7 heteroatoms. The number of hydrogen-bond acceptors (Lipinski definition) is 2. The molecule has 2 aromatic rings. The second kappa shape index (κ2) is 9.66. The van der Waals surface area contributed by atoms with Gasteiger partial charge in [-0.25, -0.2) is 0 Å². The molecule has 0 spiro atoms. The van der Waals surface area contributed by atoms with E-state index in [2.05, 4.69) is 10.6 Å². The molecule has 132 valence electrons. The normalized spacial score (nSPS) is 10.4. The number of carbonyl (C=O) groups is 2. The molecule has 0 saturated heterocycles. The van der Waals surface area contributed by atoms with Crippen molar-refractivity contribution in [3.8, 4) is 0 Å². The summed E-state index contributed by atoms with van der Waals surface area (Å²) < 4.78 is 0. The van der Waals surface area contributed by atoms with Crippen LogP contribution in [-0.4, -0.2) is 24.9 Å². The van der Waals surface area contributed by atoms with Crippen molar-refractivity contribution in [3.63, 3.8) is 0 Å². The molecule has 0 aliphatic rings. The number of benzene rings is 2. The number of carbonyl (C=O) groups excluding carboxylic acids is 2. The van der Waals surface area contributed by atoms with Crippen LogP contribution in [0.25, 0.3) is 0 Å². The molecule has 0 aromatic heterocycles. The van der Waals surface area contributed by atoms with Crippen LogP contribution in [0, 0.1) is 0 Å². The smallest absolute Gasteiger partial charge is 0.251 e. The molecule has 0 aliphatic carbocycles. The summed E-state index contributed by atoms with van der Waals surface area (Å²) >= 11 is 17.8. The molecule has 2 N–H and O–H groups in total. The van der Waals surface area contributed by atoms with Crippen molar-refractivity contribution in [2.75, 3.05) is 13.1 Å². The fourth-order valence-corrected chi connectivity index (χ4v) is 2.70. The first-order chi connectivity index (χ1) is 12.0. The minimum atomic E-state index is -0.241. The Morgan fingerprint density at radius 3 is 2.32 bits per heavy atom. The third kappa shape index (κ3) is 6.24. The fraction of sp³-hybridized carbons (Fsp3) is 0.222. The van der Waals surface area contributed by atoms with Gasteiger partial charge >= 0.3 is 0 Å². The fourth-order valence-electron chi connectivity index (χ4n) is 2.16. The molecule has 0 radical (unpaired) electrons. The van der Waals surface area contributed by atoms with Gasteiger partial charge in [-0.3, -0.25) is 9.59 Å². The van der Waals surface area contributed by atoms with Crippen LogP contribution in [0.15, 0.2) is 42.5 Å². The minimum absolute atomic E-state index is 0.144. The van der Waals surface area contributed by atoms with E-state index < -0.39 is 0 Å². The zero-order chi connectivity index (χ0) is 18.2. The topological polar surface area (TPSA) is 58.2 Å². The highest BCUT2D eigenvalue weighted by Crippen LogP contribution is 2.25. The van der Waals surface area contributed by atoms with Gasteiger partial charge in [0.1, 0.15) is 0 Å². The molecule has 0 saturated carbocycles. The maximum atomic E-state index is 11.9. The van der Waals surface area contributed by atoms with E-state index in [0.29, 0.717) is 33.6 Å². The molecule has 2 rings (SSSR count). The van der Waals surface area contributed by atoms with E-state index in [0.717, 1.165) is 5.56 Å². The van der Waals surface area contributed by atoms with Crippen molar-refractivity contribution in [1.82, 2.24) is 10.6 Å². The summed E-state index contributed by atoms with van der Waals surface area (Å²) in [6.07, 6.45) is 0.783. The Kier molecular flexibility index (Phi) is 7.56. The maximum absolute atomic E-state index is 11.9. The minimum Gasteiger partial charge on any atom is -0.356 e. The van der Waals surface area contributed by atoms with Crippen LogP contribution in [-0.2, 0) is 11.2 Å². The molecule has 0 unspecified atom stereocenters. The van der Waals surface area contributed by atoms with Crippen molar-refractivity contribution in [3.05, 3.63) is 68.7 Å². The lowest BCUT2D eigenvalue weighted by Gasteiger charge is -2.08. The van der Waals surface area contributed by atoms with Crippen molar-refractivity contribution in [2.24, 2.45) is 0 Å². The molecule has 4 nitrogen and oxygen atoms in total. The van der Waals surface area contributed by atoms with Crippen molar-refractivity contribution < 1.29 is 9.59 Å². The molecule has 2 aromatic carbocycles. The Morgan fingerprint density at radius 2 is 1.60 bits per heavy atom. The third-order valence-electron chi connectivity index (χ3n) is 3.49. The zero-order valence-corrected chi connectivity index (χ0v) is 15.6. The van der Waals surface area contributed by atoms with E-state index in [4.69, 9.17) is 34.8 Å². The summed E-state index contributed by atoms with van der Waals surface area (Å²) in [6.45, 7) is 0.704. The molecule has 0 bridgehead atoms. The average Bonchev–Trinajstić information content (AvgIpc) is 2.59. The van der Waals surface area contributed by atoms with Crippen LogP contribution in [0.3, 0.4) is 0 Å². The van der Waals surface area contributed by atoms with Gasteiger partial charge in [-0.15, -0.1) is 0 Å². The lowest BCUT2D eigenvalue weighted by atomic mass is 10.1. The molecular weight excluding hydrogens is 383 g/mol. The molecule has 0 aliphatic heterocycles. The highest BCUT2D eigenvalue weighted by atomic mass is 35.5. The summed E-state index contributed by atoms with van der Waals surface area (Å²) in [5.41, 5.74) is 1.38. The molecular formula is C18H17Cl3N2O2. The van der Waals surface area contributed by atoms with Gasteiger partial charge in [0.2, 0.25) is 5.91 Å². The predicted molar refractivity (Wildman–Crippen MR) is 102 cm³/mol. The van der Waals surface area contributed by atoms with Crippen LogP contribution >= 0.6 is 34.8 Å². The molecule has 0 fully saturated rings. The zero-order valence-electron chi connectivity index (χ0n) is 13.3.